The molecule has 0 aromatic heterocycles. The molecule has 0 bridgehead atoms. The van der Waals surface area contributed by atoms with Gasteiger partial charge < -0.3 is 5.32 Å². The standard InChI is InChI=1S/C12H14BrFN2S/c1-7-5-15-12(17-6-7)16-11-4-9(13)10(14)3-8(11)2/h3-4,7H,5-6H2,1-2H3,(H,15,16). The summed E-state index contributed by atoms with van der Waals surface area (Å²) in [4.78, 5) is 4.46. The zero-order chi connectivity index (χ0) is 12.4. The van der Waals surface area contributed by atoms with E-state index in [4.69, 9.17) is 0 Å². The molecule has 2 nitrogen and oxygen atoms in total. The predicted octanol–water partition coefficient (Wildman–Crippen LogP) is 4.05. The first-order valence-electron chi connectivity index (χ1n) is 5.46. The van der Waals surface area contributed by atoms with Gasteiger partial charge in [-0.15, -0.1) is 0 Å². The van der Waals surface area contributed by atoms with E-state index in [0.29, 0.717) is 10.4 Å². The quantitative estimate of drug-likeness (QED) is 0.845. The average Bonchev–Trinajstić information content (AvgIpc) is 2.29. The molecule has 1 aliphatic heterocycles. The summed E-state index contributed by atoms with van der Waals surface area (Å²) in [5.74, 6) is 1.47. The maximum Gasteiger partial charge on any atom is 0.161 e. The van der Waals surface area contributed by atoms with E-state index < -0.39 is 0 Å². The fourth-order valence-electron chi connectivity index (χ4n) is 1.53. The minimum atomic E-state index is -0.236. The fraction of sp³-hybridized carbons (Fsp3) is 0.417. The van der Waals surface area contributed by atoms with Crippen molar-refractivity contribution in [3.63, 3.8) is 0 Å². The Balaban J connectivity index is 2.16. The second-order valence-corrected chi connectivity index (χ2v) is 6.13. The van der Waals surface area contributed by atoms with Crippen molar-refractivity contribution in [2.75, 3.05) is 17.6 Å². The van der Waals surface area contributed by atoms with Crippen molar-refractivity contribution in [1.29, 1.82) is 0 Å². The van der Waals surface area contributed by atoms with Gasteiger partial charge in [-0.3, -0.25) is 4.99 Å². The monoisotopic (exact) mass is 316 g/mol. The number of rotatable bonds is 1. The van der Waals surface area contributed by atoms with E-state index in [1.807, 2.05) is 6.92 Å². The van der Waals surface area contributed by atoms with Crippen molar-refractivity contribution in [3.05, 3.63) is 28.0 Å². The van der Waals surface area contributed by atoms with Gasteiger partial charge in [0.05, 0.1) is 4.47 Å². The highest BCUT2D eigenvalue weighted by Crippen LogP contribution is 2.26. The summed E-state index contributed by atoms with van der Waals surface area (Å²) in [6, 6.07) is 3.27. The lowest BCUT2D eigenvalue weighted by atomic mass is 10.2. The SMILES string of the molecule is Cc1cc(F)c(Br)cc1NC1=NCC(C)CS1. The first-order valence-corrected chi connectivity index (χ1v) is 7.24. The molecule has 0 fully saturated rings. The van der Waals surface area contributed by atoms with Crippen molar-refractivity contribution >= 4 is 38.5 Å². The molecule has 0 saturated carbocycles. The smallest absolute Gasteiger partial charge is 0.161 e. The Bertz CT molecular complexity index is 462. The molecule has 17 heavy (non-hydrogen) atoms. The van der Waals surface area contributed by atoms with Gasteiger partial charge in [-0.25, -0.2) is 4.39 Å². The van der Waals surface area contributed by atoms with Crippen LogP contribution in [0.15, 0.2) is 21.6 Å². The lowest BCUT2D eigenvalue weighted by Gasteiger charge is -2.19. The molecule has 1 heterocycles. The van der Waals surface area contributed by atoms with Gasteiger partial charge in [0.15, 0.2) is 5.17 Å². The summed E-state index contributed by atoms with van der Waals surface area (Å²) in [6.07, 6.45) is 0. The molecule has 0 saturated heterocycles. The van der Waals surface area contributed by atoms with E-state index >= 15 is 0 Å². The molecule has 5 heteroatoms. The third-order valence-corrected chi connectivity index (χ3v) is 4.41. The highest BCUT2D eigenvalue weighted by atomic mass is 79.9. The third-order valence-electron chi connectivity index (χ3n) is 2.56. The number of nitrogens with zero attached hydrogens (tertiary/aromatic N) is 1. The molecule has 1 aromatic carbocycles. The van der Waals surface area contributed by atoms with Crippen LogP contribution in [0, 0.1) is 18.7 Å². The molecule has 1 atom stereocenters. The summed E-state index contributed by atoms with van der Waals surface area (Å²) >= 11 is 4.91. The van der Waals surface area contributed by atoms with Crippen LogP contribution in [0.5, 0.6) is 0 Å². The maximum absolute atomic E-state index is 13.3. The molecule has 0 radical (unpaired) electrons. The molecular formula is C12H14BrFN2S. The average molecular weight is 317 g/mol. The Kier molecular flexibility index (Phi) is 4.09. The molecule has 1 aliphatic rings. The Hall–Kier alpha value is -0.550. The van der Waals surface area contributed by atoms with Crippen molar-refractivity contribution in [2.45, 2.75) is 13.8 Å². The lowest BCUT2D eigenvalue weighted by Crippen LogP contribution is -2.19. The van der Waals surface area contributed by atoms with Gasteiger partial charge in [0.25, 0.3) is 0 Å². The highest BCUT2D eigenvalue weighted by Gasteiger charge is 2.13. The number of nitrogens with one attached hydrogen (secondary N) is 1. The van der Waals surface area contributed by atoms with Gasteiger partial charge >= 0.3 is 0 Å². The number of halogens is 2. The van der Waals surface area contributed by atoms with Gasteiger partial charge in [0, 0.05) is 18.0 Å². The highest BCUT2D eigenvalue weighted by molar-refractivity contribution is 9.10. The van der Waals surface area contributed by atoms with E-state index in [1.54, 1.807) is 17.8 Å². The number of thioether (sulfide) groups is 1. The number of hydrogen-bond donors (Lipinski definition) is 1. The normalized spacial score (nSPS) is 20.0. The first-order chi connectivity index (χ1) is 8.06. The second kappa shape index (κ2) is 5.40. The largest absolute Gasteiger partial charge is 0.335 e. The zero-order valence-electron chi connectivity index (χ0n) is 9.76. The van der Waals surface area contributed by atoms with E-state index in [-0.39, 0.29) is 5.82 Å². The molecule has 92 valence electrons. The van der Waals surface area contributed by atoms with Gasteiger partial charge in [0.1, 0.15) is 5.82 Å². The molecular weight excluding hydrogens is 303 g/mol. The Morgan fingerprint density at radius 2 is 2.29 bits per heavy atom. The zero-order valence-corrected chi connectivity index (χ0v) is 12.2. The van der Waals surface area contributed by atoms with Crippen LogP contribution in [-0.4, -0.2) is 17.5 Å². The summed E-state index contributed by atoms with van der Waals surface area (Å²) in [5.41, 5.74) is 1.78. The second-order valence-electron chi connectivity index (χ2n) is 4.27. The topological polar surface area (TPSA) is 24.4 Å². The van der Waals surface area contributed by atoms with Crippen molar-refractivity contribution in [1.82, 2.24) is 0 Å². The van der Waals surface area contributed by atoms with Crippen LogP contribution in [0.2, 0.25) is 0 Å². The molecule has 0 amide bonds. The molecule has 2 rings (SSSR count). The van der Waals surface area contributed by atoms with Crippen LogP contribution < -0.4 is 5.32 Å². The maximum atomic E-state index is 13.3. The number of aliphatic imine (C=N–C) groups is 1. The van der Waals surface area contributed by atoms with Crippen LogP contribution in [0.25, 0.3) is 0 Å². The van der Waals surface area contributed by atoms with Crippen LogP contribution >= 0.6 is 27.7 Å². The van der Waals surface area contributed by atoms with Crippen molar-refractivity contribution in [2.24, 2.45) is 10.9 Å². The number of hydrogen-bond acceptors (Lipinski definition) is 3. The number of benzene rings is 1. The molecule has 1 N–H and O–H groups in total. The van der Waals surface area contributed by atoms with Gasteiger partial charge in [-0.2, -0.15) is 0 Å². The minimum absolute atomic E-state index is 0.236. The van der Waals surface area contributed by atoms with E-state index in [0.717, 1.165) is 28.7 Å². The Morgan fingerprint density at radius 1 is 1.53 bits per heavy atom. The van der Waals surface area contributed by atoms with Crippen LogP contribution in [0.1, 0.15) is 12.5 Å². The Labute approximate surface area is 113 Å². The lowest BCUT2D eigenvalue weighted by molar-refractivity contribution is 0.620. The predicted molar refractivity (Wildman–Crippen MR) is 76.4 cm³/mol. The van der Waals surface area contributed by atoms with Gasteiger partial charge in [0.2, 0.25) is 0 Å². The molecule has 0 aliphatic carbocycles. The molecule has 1 unspecified atom stereocenters. The van der Waals surface area contributed by atoms with E-state index in [2.05, 4.69) is 33.2 Å². The van der Waals surface area contributed by atoms with Gasteiger partial charge in [-0.05, 0) is 46.5 Å². The summed E-state index contributed by atoms with van der Waals surface area (Å²) in [5, 5.41) is 4.18. The van der Waals surface area contributed by atoms with Crippen LogP contribution in [0.3, 0.4) is 0 Å². The third kappa shape index (κ3) is 3.22. The van der Waals surface area contributed by atoms with Crippen LogP contribution in [0.4, 0.5) is 10.1 Å². The Morgan fingerprint density at radius 3 is 2.94 bits per heavy atom. The summed E-state index contributed by atoms with van der Waals surface area (Å²) in [7, 11) is 0. The van der Waals surface area contributed by atoms with Crippen LogP contribution in [-0.2, 0) is 0 Å². The summed E-state index contributed by atoms with van der Waals surface area (Å²) < 4.78 is 13.8. The van der Waals surface area contributed by atoms with Crippen molar-refractivity contribution in [3.8, 4) is 0 Å². The number of amidine groups is 1. The van der Waals surface area contributed by atoms with Gasteiger partial charge in [-0.1, -0.05) is 18.7 Å². The van der Waals surface area contributed by atoms with E-state index in [9.17, 15) is 4.39 Å². The number of anilines is 1. The molecule has 1 aromatic rings. The minimum Gasteiger partial charge on any atom is -0.335 e. The number of aryl methyl sites for hydroxylation is 1. The first kappa shape index (κ1) is 12.9. The van der Waals surface area contributed by atoms with E-state index in [1.165, 1.54) is 6.07 Å². The summed E-state index contributed by atoms with van der Waals surface area (Å²) in [6.45, 7) is 4.93. The fourth-order valence-corrected chi connectivity index (χ4v) is 2.77. The molecule has 0 spiro atoms. The van der Waals surface area contributed by atoms with Crippen molar-refractivity contribution < 1.29 is 4.39 Å².